The summed E-state index contributed by atoms with van der Waals surface area (Å²) in [7, 11) is 0. The van der Waals surface area contributed by atoms with Crippen LogP contribution in [0.1, 0.15) is 25.3 Å². The number of nitrogens with one attached hydrogen (secondary N) is 1. The zero-order chi connectivity index (χ0) is 12.0. The number of hydrogen-bond donors (Lipinski definition) is 3. The van der Waals surface area contributed by atoms with E-state index in [1.165, 1.54) is 0 Å². The summed E-state index contributed by atoms with van der Waals surface area (Å²) >= 11 is 0. The molecule has 0 bridgehead atoms. The van der Waals surface area contributed by atoms with Crippen LogP contribution in [0.25, 0.3) is 0 Å². The van der Waals surface area contributed by atoms with Gasteiger partial charge in [-0.2, -0.15) is 0 Å². The zero-order valence-electron chi connectivity index (χ0n) is 9.31. The Morgan fingerprint density at radius 1 is 1.38 bits per heavy atom. The number of aliphatic hydroxyl groups excluding tert-OH is 1. The monoisotopic (exact) mass is 223 g/mol. The maximum absolute atomic E-state index is 10.4. The molecular weight excluding hydrogens is 206 g/mol. The molecule has 0 aliphatic rings. The molecule has 1 rings (SSSR count). The van der Waals surface area contributed by atoms with Gasteiger partial charge in [0.1, 0.15) is 0 Å². The van der Waals surface area contributed by atoms with Crippen LogP contribution in [0.4, 0.5) is 5.69 Å². The Kier molecular flexibility index (Phi) is 4.79. The fourth-order valence-corrected chi connectivity index (χ4v) is 1.40. The summed E-state index contributed by atoms with van der Waals surface area (Å²) in [6.45, 7) is 1.98. The lowest BCUT2D eigenvalue weighted by atomic mass is 10.1. The molecule has 4 heteroatoms. The van der Waals surface area contributed by atoms with Crippen LogP contribution in [-0.2, 0) is 11.4 Å². The summed E-state index contributed by atoms with van der Waals surface area (Å²) < 4.78 is 0. The summed E-state index contributed by atoms with van der Waals surface area (Å²) in [6.07, 6.45) is 0.764. The molecule has 88 valence electrons. The van der Waals surface area contributed by atoms with Crippen molar-refractivity contribution < 1.29 is 15.0 Å². The van der Waals surface area contributed by atoms with Crippen molar-refractivity contribution in [3.63, 3.8) is 0 Å². The third-order valence-electron chi connectivity index (χ3n) is 2.34. The van der Waals surface area contributed by atoms with Crippen molar-refractivity contribution in [2.45, 2.75) is 32.4 Å². The molecule has 1 unspecified atom stereocenters. The number of carboxylic acids is 1. The van der Waals surface area contributed by atoms with Crippen LogP contribution in [0.5, 0.6) is 0 Å². The standard InChI is InChI=1S/C12H17NO3/c1-9(2-7-12(15)16)13-11-5-3-10(8-14)4-6-11/h3-6,9,13-14H,2,7-8H2,1H3,(H,15,16). The van der Waals surface area contributed by atoms with Gasteiger partial charge in [-0.05, 0) is 31.0 Å². The van der Waals surface area contributed by atoms with Crippen LogP contribution in [0, 0.1) is 0 Å². The highest BCUT2D eigenvalue weighted by Crippen LogP contribution is 2.12. The maximum Gasteiger partial charge on any atom is 0.303 e. The second kappa shape index (κ2) is 6.12. The number of benzene rings is 1. The SMILES string of the molecule is CC(CCC(=O)O)Nc1ccc(CO)cc1. The van der Waals surface area contributed by atoms with E-state index >= 15 is 0 Å². The highest BCUT2D eigenvalue weighted by molar-refractivity contribution is 5.66. The van der Waals surface area contributed by atoms with Gasteiger partial charge in [0.15, 0.2) is 0 Å². The molecule has 4 nitrogen and oxygen atoms in total. The predicted octanol–water partition coefficient (Wildman–Crippen LogP) is 1.84. The van der Waals surface area contributed by atoms with Gasteiger partial charge in [0.2, 0.25) is 0 Å². The van der Waals surface area contributed by atoms with E-state index in [4.69, 9.17) is 10.2 Å². The second-order valence-corrected chi connectivity index (χ2v) is 3.83. The Balaban J connectivity index is 2.43. The number of aliphatic hydroxyl groups is 1. The molecule has 0 amide bonds. The molecule has 0 aliphatic carbocycles. The maximum atomic E-state index is 10.4. The minimum Gasteiger partial charge on any atom is -0.481 e. The molecule has 0 radical (unpaired) electrons. The normalized spacial score (nSPS) is 12.1. The molecule has 1 aromatic rings. The van der Waals surface area contributed by atoms with Crippen LogP contribution in [0.3, 0.4) is 0 Å². The molecule has 1 atom stereocenters. The Labute approximate surface area is 94.9 Å². The number of anilines is 1. The first-order valence-electron chi connectivity index (χ1n) is 5.30. The summed E-state index contributed by atoms with van der Waals surface area (Å²) in [5.74, 6) is -0.774. The van der Waals surface area contributed by atoms with Crippen LogP contribution >= 0.6 is 0 Å². The molecule has 0 saturated heterocycles. The van der Waals surface area contributed by atoms with Crippen molar-refractivity contribution in [2.24, 2.45) is 0 Å². The second-order valence-electron chi connectivity index (χ2n) is 3.83. The summed E-state index contributed by atoms with van der Waals surface area (Å²) in [5, 5.41) is 20.6. The molecule has 0 saturated carbocycles. The average molecular weight is 223 g/mol. The topological polar surface area (TPSA) is 69.6 Å². The quantitative estimate of drug-likeness (QED) is 0.688. The molecule has 3 N–H and O–H groups in total. The molecule has 0 heterocycles. The number of rotatable bonds is 6. The molecule has 0 aromatic heterocycles. The van der Waals surface area contributed by atoms with Crippen molar-refractivity contribution in [3.05, 3.63) is 29.8 Å². The van der Waals surface area contributed by atoms with Gasteiger partial charge in [-0.15, -0.1) is 0 Å². The third-order valence-corrected chi connectivity index (χ3v) is 2.34. The van der Waals surface area contributed by atoms with Gasteiger partial charge in [-0.1, -0.05) is 12.1 Å². The average Bonchev–Trinajstić information content (AvgIpc) is 2.27. The van der Waals surface area contributed by atoms with Gasteiger partial charge in [0.25, 0.3) is 0 Å². The van der Waals surface area contributed by atoms with Crippen LogP contribution in [0.2, 0.25) is 0 Å². The first kappa shape index (κ1) is 12.5. The minimum absolute atomic E-state index is 0.0366. The molecule has 1 aromatic carbocycles. The zero-order valence-corrected chi connectivity index (χ0v) is 9.31. The lowest BCUT2D eigenvalue weighted by Gasteiger charge is -2.14. The Morgan fingerprint density at radius 2 is 2.00 bits per heavy atom. The minimum atomic E-state index is -0.774. The number of carboxylic acid groups (broad SMARTS) is 1. The Hall–Kier alpha value is -1.55. The highest BCUT2D eigenvalue weighted by Gasteiger charge is 2.05. The summed E-state index contributed by atoms with van der Waals surface area (Å²) in [4.78, 5) is 10.4. The van der Waals surface area contributed by atoms with Crippen molar-refractivity contribution in [1.29, 1.82) is 0 Å². The van der Waals surface area contributed by atoms with Crippen molar-refractivity contribution >= 4 is 11.7 Å². The summed E-state index contributed by atoms with van der Waals surface area (Å²) in [5.41, 5.74) is 1.80. The van der Waals surface area contributed by atoms with Gasteiger partial charge in [0.05, 0.1) is 6.61 Å². The van der Waals surface area contributed by atoms with Gasteiger partial charge in [-0.25, -0.2) is 0 Å². The van der Waals surface area contributed by atoms with E-state index in [-0.39, 0.29) is 19.1 Å². The van der Waals surface area contributed by atoms with Gasteiger partial charge < -0.3 is 15.5 Å². The van der Waals surface area contributed by atoms with Gasteiger partial charge in [0, 0.05) is 18.2 Å². The van der Waals surface area contributed by atoms with E-state index in [0.717, 1.165) is 11.3 Å². The van der Waals surface area contributed by atoms with Crippen molar-refractivity contribution in [2.75, 3.05) is 5.32 Å². The molecule has 0 fully saturated rings. The first-order chi connectivity index (χ1) is 7.61. The number of aliphatic carboxylic acids is 1. The predicted molar refractivity (Wildman–Crippen MR) is 62.3 cm³/mol. The van der Waals surface area contributed by atoms with E-state index in [9.17, 15) is 4.79 Å². The molecule has 0 spiro atoms. The largest absolute Gasteiger partial charge is 0.481 e. The molecular formula is C12H17NO3. The van der Waals surface area contributed by atoms with E-state index in [2.05, 4.69) is 5.32 Å². The Morgan fingerprint density at radius 3 is 2.50 bits per heavy atom. The number of carbonyl (C=O) groups is 1. The molecule has 0 aliphatic heterocycles. The van der Waals surface area contributed by atoms with E-state index in [0.29, 0.717) is 6.42 Å². The van der Waals surface area contributed by atoms with Crippen LogP contribution < -0.4 is 5.32 Å². The highest BCUT2D eigenvalue weighted by atomic mass is 16.4. The molecule has 16 heavy (non-hydrogen) atoms. The van der Waals surface area contributed by atoms with Crippen molar-refractivity contribution in [1.82, 2.24) is 0 Å². The summed E-state index contributed by atoms with van der Waals surface area (Å²) in [6, 6.07) is 7.56. The van der Waals surface area contributed by atoms with E-state index < -0.39 is 5.97 Å². The van der Waals surface area contributed by atoms with Crippen LogP contribution in [0.15, 0.2) is 24.3 Å². The van der Waals surface area contributed by atoms with Crippen LogP contribution in [-0.4, -0.2) is 22.2 Å². The third kappa shape index (κ3) is 4.31. The fourth-order valence-electron chi connectivity index (χ4n) is 1.40. The lowest BCUT2D eigenvalue weighted by molar-refractivity contribution is -0.137. The Bertz CT molecular complexity index is 335. The van der Waals surface area contributed by atoms with Gasteiger partial charge >= 0.3 is 5.97 Å². The van der Waals surface area contributed by atoms with Gasteiger partial charge in [-0.3, -0.25) is 4.79 Å². The lowest BCUT2D eigenvalue weighted by Crippen LogP contribution is -2.16. The van der Waals surface area contributed by atoms with Crippen molar-refractivity contribution in [3.8, 4) is 0 Å². The van der Waals surface area contributed by atoms with E-state index in [1.807, 2.05) is 31.2 Å². The number of hydrogen-bond acceptors (Lipinski definition) is 3. The first-order valence-corrected chi connectivity index (χ1v) is 5.30. The smallest absolute Gasteiger partial charge is 0.303 e. The fraction of sp³-hybridized carbons (Fsp3) is 0.417. The van der Waals surface area contributed by atoms with E-state index in [1.54, 1.807) is 0 Å².